The number of carbonyl (C=O) groups is 3. The third kappa shape index (κ3) is 4.49. The Hall–Kier alpha value is -3.26. The van der Waals surface area contributed by atoms with E-state index < -0.39 is 12.0 Å². The number of esters is 1. The number of thiocarbonyl (C=S) groups is 1. The lowest BCUT2D eigenvalue weighted by atomic mass is 10.1. The van der Waals surface area contributed by atoms with Crippen LogP contribution < -0.4 is 10.2 Å². The summed E-state index contributed by atoms with van der Waals surface area (Å²) in [4.78, 5) is 40.4. The van der Waals surface area contributed by atoms with Crippen molar-refractivity contribution in [2.24, 2.45) is 0 Å². The summed E-state index contributed by atoms with van der Waals surface area (Å²) in [7, 11) is 2.99. The van der Waals surface area contributed by atoms with Crippen molar-refractivity contribution >= 4 is 40.8 Å². The predicted octanol–water partition coefficient (Wildman–Crippen LogP) is 2.15. The summed E-state index contributed by atoms with van der Waals surface area (Å²) < 4.78 is 4.68. The summed E-state index contributed by atoms with van der Waals surface area (Å²) in [5, 5.41) is 3.34. The summed E-state index contributed by atoms with van der Waals surface area (Å²) >= 11 is 5.42. The highest BCUT2D eigenvalue weighted by atomic mass is 32.1. The molecule has 2 aromatic rings. The molecule has 0 spiro atoms. The highest BCUT2D eigenvalue weighted by Crippen LogP contribution is 2.26. The van der Waals surface area contributed by atoms with Crippen molar-refractivity contribution in [1.82, 2.24) is 10.2 Å². The van der Waals surface area contributed by atoms with E-state index in [4.69, 9.17) is 12.2 Å². The first-order valence-electron chi connectivity index (χ1n) is 9.53. The Bertz CT molecular complexity index is 947. The van der Waals surface area contributed by atoms with Crippen molar-refractivity contribution in [2.75, 3.05) is 25.6 Å². The van der Waals surface area contributed by atoms with E-state index in [1.165, 1.54) is 19.2 Å². The molecular weight excluding hydrogens is 402 g/mol. The van der Waals surface area contributed by atoms with E-state index in [-0.39, 0.29) is 18.2 Å². The summed E-state index contributed by atoms with van der Waals surface area (Å²) in [5.74, 6) is -1.12. The molecule has 1 atom stereocenters. The summed E-state index contributed by atoms with van der Waals surface area (Å²) in [6.07, 6.45) is 0.725. The second-order valence-electron chi connectivity index (χ2n) is 6.81. The molecule has 3 rings (SSSR count). The lowest BCUT2D eigenvalue weighted by molar-refractivity contribution is -0.122. The van der Waals surface area contributed by atoms with Gasteiger partial charge >= 0.3 is 5.97 Å². The minimum atomic E-state index is -0.679. The first kappa shape index (κ1) is 21.4. The molecule has 156 valence electrons. The number of hydrogen-bond acceptors (Lipinski definition) is 5. The molecule has 1 aliphatic rings. The van der Waals surface area contributed by atoms with Crippen LogP contribution in [0.4, 0.5) is 5.69 Å². The van der Waals surface area contributed by atoms with Gasteiger partial charge in [0, 0.05) is 13.6 Å². The summed E-state index contributed by atoms with van der Waals surface area (Å²) in [6, 6.07) is 15.4. The first-order valence-corrected chi connectivity index (χ1v) is 9.94. The quantitative estimate of drug-likeness (QED) is 0.432. The Balaban J connectivity index is 1.79. The van der Waals surface area contributed by atoms with E-state index in [1.807, 2.05) is 30.3 Å². The van der Waals surface area contributed by atoms with E-state index in [9.17, 15) is 14.4 Å². The fourth-order valence-electron chi connectivity index (χ4n) is 3.43. The smallest absolute Gasteiger partial charge is 0.337 e. The largest absolute Gasteiger partial charge is 0.465 e. The van der Waals surface area contributed by atoms with Crippen LogP contribution in [-0.4, -0.2) is 54.5 Å². The van der Waals surface area contributed by atoms with Crippen molar-refractivity contribution in [2.45, 2.75) is 18.9 Å². The zero-order valence-electron chi connectivity index (χ0n) is 16.8. The maximum Gasteiger partial charge on any atom is 0.337 e. The Morgan fingerprint density at radius 2 is 1.83 bits per heavy atom. The molecule has 2 aromatic carbocycles. The molecule has 0 bridgehead atoms. The summed E-state index contributed by atoms with van der Waals surface area (Å²) in [6.45, 7) is 0.502. The molecular formula is C22H23N3O4S. The van der Waals surface area contributed by atoms with Crippen molar-refractivity contribution < 1.29 is 19.1 Å². The van der Waals surface area contributed by atoms with Crippen LogP contribution in [0.3, 0.4) is 0 Å². The number of nitrogens with zero attached hydrogens (tertiary/aromatic N) is 2. The van der Waals surface area contributed by atoms with Gasteiger partial charge in [-0.25, -0.2) is 9.69 Å². The second-order valence-corrected chi connectivity index (χ2v) is 7.20. The van der Waals surface area contributed by atoms with Crippen LogP contribution in [-0.2, 0) is 20.7 Å². The van der Waals surface area contributed by atoms with Gasteiger partial charge in [-0.3, -0.25) is 9.59 Å². The van der Waals surface area contributed by atoms with Gasteiger partial charge in [0.2, 0.25) is 5.91 Å². The minimum absolute atomic E-state index is 0.0359. The van der Waals surface area contributed by atoms with Gasteiger partial charge in [0.25, 0.3) is 5.91 Å². The Morgan fingerprint density at radius 3 is 2.43 bits per heavy atom. The topological polar surface area (TPSA) is 79.0 Å². The molecule has 8 heteroatoms. The van der Waals surface area contributed by atoms with Crippen molar-refractivity contribution in [3.8, 4) is 0 Å². The molecule has 1 N–H and O–H groups in total. The highest BCUT2D eigenvalue weighted by molar-refractivity contribution is 7.80. The number of imide groups is 1. The molecule has 1 saturated heterocycles. The molecule has 7 nitrogen and oxygen atoms in total. The van der Waals surface area contributed by atoms with E-state index in [2.05, 4.69) is 10.1 Å². The van der Waals surface area contributed by atoms with Crippen molar-refractivity contribution in [3.05, 3.63) is 65.7 Å². The molecule has 0 aliphatic carbocycles. The minimum Gasteiger partial charge on any atom is -0.465 e. The van der Waals surface area contributed by atoms with Gasteiger partial charge in [-0.15, -0.1) is 0 Å². The number of hydrogen-bond donors (Lipinski definition) is 1. The van der Waals surface area contributed by atoms with E-state index in [0.717, 1.165) is 10.5 Å². The number of anilines is 1. The average Bonchev–Trinajstić information content (AvgIpc) is 3.07. The molecule has 1 aliphatic heterocycles. The van der Waals surface area contributed by atoms with Gasteiger partial charge in [-0.1, -0.05) is 30.3 Å². The van der Waals surface area contributed by atoms with Crippen molar-refractivity contribution in [3.63, 3.8) is 0 Å². The number of rotatable bonds is 6. The van der Waals surface area contributed by atoms with Gasteiger partial charge in [0.1, 0.15) is 6.04 Å². The second kappa shape index (κ2) is 9.49. The zero-order chi connectivity index (χ0) is 21.7. The monoisotopic (exact) mass is 425 g/mol. The fraction of sp³-hybridized carbons (Fsp3) is 0.273. The fourth-order valence-corrected chi connectivity index (χ4v) is 3.65. The maximum absolute atomic E-state index is 13.1. The first-order chi connectivity index (χ1) is 14.5. The SMILES string of the molecule is CNC(=S)N(CCc1ccccc1)[C@@H]1CC(=O)N(c2ccc(C(=O)OC)cc2)C1=O. The van der Waals surface area contributed by atoms with Crippen LogP contribution in [0, 0.1) is 0 Å². The number of benzene rings is 2. The molecule has 0 radical (unpaired) electrons. The molecule has 30 heavy (non-hydrogen) atoms. The van der Waals surface area contributed by atoms with Crippen LogP contribution in [0.15, 0.2) is 54.6 Å². The van der Waals surface area contributed by atoms with Gasteiger partial charge in [-0.05, 0) is 48.5 Å². The van der Waals surface area contributed by atoms with Crippen LogP contribution in [0.1, 0.15) is 22.3 Å². The lowest BCUT2D eigenvalue weighted by Gasteiger charge is -2.29. The van der Waals surface area contributed by atoms with Crippen molar-refractivity contribution in [1.29, 1.82) is 0 Å². The van der Waals surface area contributed by atoms with Gasteiger partial charge < -0.3 is 15.0 Å². The van der Waals surface area contributed by atoms with E-state index in [0.29, 0.717) is 29.3 Å². The van der Waals surface area contributed by atoms with E-state index in [1.54, 1.807) is 24.1 Å². The number of methoxy groups -OCH3 is 1. The molecule has 2 amide bonds. The normalized spacial score (nSPS) is 15.8. The van der Waals surface area contributed by atoms with Crippen LogP contribution in [0.5, 0.6) is 0 Å². The third-order valence-corrected chi connectivity index (χ3v) is 5.44. The van der Waals surface area contributed by atoms with E-state index >= 15 is 0 Å². The van der Waals surface area contributed by atoms with Crippen LogP contribution in [0.25, 0.3) is 0 Å². The number of amides is 2. The third-order valence-electron chi connectivity index (χ3n) is 5.00. The zero-order valence-corrected chi connectivity index (χ0v) is 17.6. The molecule has 1 heterocycles. The molecule has 0 unspecified atom stereocenters. The molecule has 1 fully saturated rings. The number of nitrogens with one attached hydrogen (secondary N) is 1. The molecule has 0 aromatic heterocycles. The number of carbonyl (C=O) groups excluding carboxylic acids is 3. The predicted molar refractivity (Wildman–Crippen MR) is 117 cm³/mol. The molecule has 0 saturated carbocycles. The van der Waals surface area contributed by atoms with Crippen LogP contribution >= 0.6 is 12.2 Å². The highest BCUT2D eigenvalue weighted by Gasteiger charge is 2.43. The standard InChI is InChI=1S/C22H23N3O4S/c1-23-22(30)24(13-12-15-6-4-3-5-7-15)18-14-19(26)25(20(18)27)17-10-8-16(9-11-17)21(28)29-2/h3-11,18H,12-14H2,1-2H3,(H,23,30)/t18-/m1/s1. The lowest BCUT2D eigenvalue weighted by Crippen LogP contribution is -2.49. The Labute approximate surface area is 180 Å². The Morgan fingerprint density at radius 1 is 1.17 bits per heavy atom. The van der Waals surface area contributed by atoms with Gasteiger partial charge in [0.15, 0.2) is 5.11 Å². The average molecular weight is 426 g/mol. The maximum atomic E-state index is 13.1. The van der Waals surface area contributed by atoms with Crippen LogP contribution in [0.2, 0.25) is 0 Å². The summed E-state index contributed by atoms with van der Waals surface area (Å²) in [5.41, 5.74) is 1.88. The Kier molecular flexibility index (Phi) is 6.79. The van der Waals surface area contributed by atoms with Gasteiger partial charge in [-0.2, -0.15) is 0 Å². The number of ether oxygens (including phenoxy) is 1. The van der Waals surface area contributed by atoms with Gasteiger partial charge in [0.05, 0.1) is 24.8 Å².